The zero-order chi connectivity index (χ0) is 11.4. The van der Waals surface area contributed by atoms with E-state index in [9.17, 15) is 9.18 Å². The highest BCUT2D eigenvalue weighted by Gasteiger charge is 2.12. The molecular weight excluding hydrogens is 284 g/mol. The zero-order valence-corrected chi connectivity index (χ0v) is 10.0. The van der Waals surface area contributed by atoms with Crippen molar-refractivity contribution in [3.05, 3.63) is 45.7 Å². The van der Waals surface area contributed by atoms with Gasteiger partial charge in [-0.1, -0.05) is 40.2 Å². The van der Waals surface area contributed by atoms with Crippen molar-refractivity contribution in [3.8, 4) is 0 Å². The van der Waals surface area contributed by atoms with Crippen molar-refractivity contribution in [3.63, 3.8) is 0 Å². The fraction of sp³-hybridized carbons (Fsp3) is 0.100. The van der Waals surface area contributed by atoms with Crippen LogP contribution in [-0.2, 0) is 0 Å². The first-order valence-electron chi connectivity index (χ1n) is 4.08. The van der Waals surface area contributed by atoms with Crippen LogP contribution in [0.1, 0.15) is 10.4 Å². The Labute approximate surface area is 100 Å². The van der Waals surface area contributed by atoms with Gasteiger partial charge in [-0.2, -0.15) is 0 Å². The van der Waals surface area contributed by atoms with Crippen LogP contribution in [0.5, 0.6) is 0 Å². The molecule has 0 bridgehead atoms. The third-order valence-corrected chi connectivity index (χ3v) is 2.30. The van der Waals surface area contributed by atoms with E-state index in [0.717, 1.165) is 0 Å². The Morgan fingerprint density at radius 1 is 1.60 bits per heavy atom. The van der Waals surface area contributed by atoms with Gasteiger partial charge in [0.15, 0.2) is 0 Å². The molecule has 0 saturated heterocycles. The van der Waals surface area contributed by atoms with Gasteiger partial charge < -0.3 is 5.32 Å². The third kappa shape index (κ3) is 3.32. The number of carbonyl (C=O) groups is 1. The number of halogens is 3. The highest BCUT2D eigenvalue weighted by atomic mass is 79.9. The summed E-state index contributed by atoms with van der Waals surface area (Å²) in [4.78, 5) is 11.5. The highest BCUT2D eigenvalue weighted by molar-refractivity contribution is 9.11. The largest absolute Gasteiger partial charge is 0.347 e. The molecular formula is C10H8BrClFNO. The molecule has 80 valence electrons. The van der Waals surface area contributed by atoms with Crippen LogP contribution < -0.4 is 5.32 Å². The molecule has 0 radical (unpaired) electrons. The van der Waals surface area contributed by atoms with Gasteiger partial charge in [-0.3, -0.25) is 4.79 Å². The summed E-state index contributed by atoms with van der Waals surface area (Å²) in [6, 6.07) is 4.08. The predicted octanol–water partition coefficient (Wildman–Crippen LogP) is 3.12. The standard InChI is InChI=1S/C10H8BrClFNO/c1-6(11)5-14-10(15)7-3-2-4-8(13)9(7)12/h2-4H,1,5H2,(H,14,15). The van der Waals surface area contributed by atoms with Crippen molar-refractivity contribution in [2.75, 3.05) is 6.54 Å². The lowest BCUT2D eigenvalue weighted by atomic mass is 10.2. The van der Waals surface area contributed by atoms with E-state index >= 15 is 0 Å². The summed E-state index contributed by atoms with van der Waals surface area (Å²) < 4.78 is 13.6. The molecule has 15 heavy (non-hydrogen) atoms. The Morgan fingerprint density at radius 2 is 2.27 bits per heavy atom. The maximum Gasteiger partial charge on any atom is 0.253 e. The van der Waals surface area contributed by atoms with Crippen molar-refractivity contribution in [2.24, 2.45) is 0 Å². The summed E-state index contributed by atoms with van der Waals surface area (Å²) >= 11 is 8.73. The number of benzene rings is 1. The minimum atomic E-state index is -0.609. The third-order valence-electron chi connectivity index (χ3n) is 1.64. The van der Waals surface area contributed by atoms with Gasteiger partial charge in [0, 0.05) is 11.0 Å². The molecule has 1 rings (SSSR count). The first-order valence-corrected chi connectivity index (χ1v) is 5.25. The molecule has 5 heteroatoms. The Bertz CT molecular complexity index is 408. The minimum Gasteiger partial charge on any atom is -0.347 e. The van der Waals surface area contributed by atoms with Gasteiger partial charge in [-0.15, -0.1) is 0 Å². The second-order valence-corrected chi connectivity index (χ2v) is 4.30. The monoisotopic (exact) mass is 291 g/mol. The van der Waals surface area contributed by atoms with Gasteiger partial charge in [0.25, 0.3) is 5.91 Å². The van der Waals surface area contributed by atoms with E-state index in [4.69, 9.17) is 11.6 Å². The highest BCUT2D eigenvalue weighted by Crippen LogP contribution is 2.19. The van der Waals surface area contributed by atoms with Crippen molar-refractivity contribution in [1.82, 2.24) is 5.32 Å². The molecule has 1 aromatic rings. The molecule has 0 saturated carbocycles. The van der Waals surface area contributed by atoms with Gasteiger partial charge in [0.2, 0.25) is 0 Å². The second kappa shape index (κ2) is 5.28. The Hall–Kier alpha value is -0.870. The average Bonchev–Trinajstić information content (AvgIpc) is 2.18. The first-order chi connectivity index (χ1) is 7.02. The average molecular weight is 293 g/mol. The van der Waals surface area contributed by atoms with E-state index in [-0.39, 0.29) is 17.1 Å². The van der Waals surface area contributed by atoms with E-state index in [1.165, 1.54) is 18.2 Å². The molecule has 0 heterocycles. The van der Waals surface area contributed by atoms with Gasteiger partial charge in [-0.25, -0.2) is 4.39 Å². The molecule has 0 aliphatic rings. The maximum absolute atomic E-state index is 13.0. The quantitative estimate of drug-likeness (QED) is 0.911. The number of rotatable bonds is 3. The number of hydrogen-bond acceptors (Lipinski definition) is 1. The molecule has 2 nitrogen and oxygen atoms in total. The number of carbonyl (C=O) groups excluding carboxylic acids is 1. The van der Waals surface area contributed by atoms with Crippen LogP contribution in [0.15, 0.2) is 29.3 Å². The fourth-order valence-electron chi connectivity index (χ4n) is 0.951. The summed E-state index contributed by atoms with van der Waals surface area (Å²) in [7, 11) is 0. The molecule has 0 atom stereocenters. The minimum absolute atomic E-state index is 0.116. The summed E-state index contributed by atoms with van der Waals surface area (Å²) in [6.07, 6.45) is 0. The smallest absolute Gasteiger partial charge is 0.253 e. The molecule has 0 unspecified atom stereocenters. The van der Waals surface area contributed by atoms with Gasteiger partial charge in [0.1, 0.15) is 5.82 Å². The van der Waals surface area contributed by atoms with Crippen LogP contribution in [0.3, 0.4) is 0 Å². The lowest BCUT2D eigenvalue weighted by molar-refractivity contribution is 0.0957. The van der Waals surface area contributed by atoms with Crippen molar-refractivity contribution in [2.45, 2.75) is 0 Å². The van der Waals surface area contributed by atoms with Gasteiger partial charge in [-0.05, 0) is 12.1 Å². The van der Waals surface area contributed by atoms with E-state index in [2.05, 4.69) is 27.8 Å². The molecule has 1 N–H and O–H groups in total. The lowest BCUT2D eigenvalue weighted by Gasteiger charge is -2.05. The van der Waals surface area contributed by atoms with E-state index in [0.29, 0.717) is 4.48 Å². The number of nitrogens with one attached hydrogen (secondary N) is 1. The molecule has 1 amide bonds. The van der Waals surface area contributed by atoms with Crippen LogP contribution in [0.4, 0.5) is 4.39 Å². The summed E-state index contributed by atoms with van der Waals surface area (Å²) in [6.45, 7) is 3.83. The second-order valence-electron chi connectivity index (χ2n) is 2.80. The maximum atomic E-state index is 13.0. The number of hydrogen-bond donors (Lipinski definition) is 1. The van der Waals surface area contributed by atoms with E-state index in [1.54, 1.807) is 0 Å². The molecule has 0 spiro atoms. The van der Waals surface area contributed by atoms with Crippen LogP contribution in [0.2, 0.25) is 5.02 Å². The normalized spacial score (nSPS) is 9.80. The topological polar surface area (TPSA) is 29.1 Å². The van der Waals surface area contributed by atoms with Gasteiger partial charge in [0.05, 0.1) is 10.6 Å². The molecule has 0 aliphatic carbocycles. The Balaban J connectivity index is 2.82. The van der Waals surface area contributed by atoms with E-state index < -0.39 is 11.7 Å². The zero-order valence-electron chi connectivity index (χ0n) is 7.69. The van der Waals surface area contributed by atoms with Crippen LogP contribution in [-0.4, -0.2) is 12.5 Å². The van der Waals surface area contributed by atoms with Crippen molar-refractivity contribution < 1.29 is 9.18 Å². The summed E-state index contributed by atoms with van der Waals surface area (Å²) in [5.74, 6) is -1.04. The molecule has 0 aromatic heterocycles. The summed E-state index contributed by atoms with van der Waals surface area (Å²) in [5.41, 5.74) is 0.116. The fourth-order valence-corrected chi connectivity index (χ4v) is 1.30. The van der Waals surface area contributed by atoms with Crippen LogP contribution >= 0.6 is 27.5 Å². The molecule has 0 fully saturated rings. The van der Waals surface area contributed by atoms with Crippen LogP contribution in [0.25, 0.3) is 0 Å². The van der Waals surface area contributed by atoms with Crippen molar-refractivity contribution in [1.29, 1.82) is 0 Å². The predicted molar refractivity (Wildman–Crippen MR) is 61.8 cm³/mol. The lowest BCUT2D eigenvalue weighted by Crippen LogP contribution is -2.24. The van der Waals surface area contributed by atoms with Gasteiger partial charge >= 0.3 is 0 Å². The Kier molecular flexibility index (Phi) is 4.29. The Morgan fingerprint density at radius 3 is 2.87 bits per heavy atom. The van der Waals surface area contributed by atoms with E-state index in [1.807, 2.05) is 0 Å². The summed E-state index contributed by atoms with van der Waals surface area (Å²) in [5, 5.41) is 2.36. The van der Waals surface area contributed by atoms with Crippen LogP contribution in [0, 0.1) is 5.82 Å². The molecule has 0 aliphatic heterocycles. The SMILES string of the molecule is C=C(Br)CNC(=O)c1cccc(F)c1Cl. The first kappa shape index (κ1) is 12.2. The number of amides is 1. The molecule has 1 aromatic carbocycles. The van der Waals surface area contributed by atoms with Crippen molar-refractivity contribution >= 4 is 33.4 Å².